The summed E-state index contributed by atoms with van der Waals surface area (Å²) < 4.78 is 5.54. The lowest BCUT2D eigenvalue weighted by Crippen LogP contribution is -2.46. The molecule has 8 heteroatoms. The van der Waals surface area contributed by atoms with Gasteiger partial charge in [0.25, 0.3) is 11.8 Å². The predicted molar refractivity (Wildman–Crippen MR) is 139 cm³/mol. The average Bonchev–Trinajstić information content (AvgIpc) is 2.89. The van der Waals surface area contributed by atoms with Gasteiger partial charge in [-0.25, -0.2) is 0 Å². The summed E-state index contributed by atoms with van der Waals surface area (Å²) in [6.45, 7) is 5.36. The monoisotopic (exact) mass is 498 g/mol. The molecule has 0 atom stereocenters. The second kappa shape index (κ2) is 12.8. The van der Waals surface area contributed by atoms with Crippen molar-refractivity contribution in [2.24, 2.45) is 0 Å². The first-order valence-electron chi connectivity index (χ1n) is 12.6. The lowest BCUT2D eigenvalue weighted by Gasteiger charge is -2.35. The van der Waals surface area contributed by atoms with Gasteiger partial charge in [0.05, 0.1) is 5.56 Å². The van der Waals surface area contributed by atoms with Gasteiger partial charge in [0, 0.05) is 42.9 Å². The number of ether oxygens (including phenoxy) is 1. The minimum Gasteiger partial charge on any atom is -0.484 e. The lowest BCUT2D eigenvalue weighted by molar-refractivity contribution is -0.123. The number of hydrogen-bond donors (Lipinski definition) is 2. The van der Waals surface area contributed by atoms with Crippen molar-refractivity contribution in [1.82, 2.24) is 15.5 Å². The van der Waals surface area contributed by atoms with Crippen LogP contribution in [0.2, 0.25) is 5.02 Å². The maximum atomic E-state index is 12.9. The first-order valence-corrected chi connectivity index (χ1v) is 13.0. The molecule has 2 aromatic carbocycles. The number of piperidine rings is 2. The zero-order valence-electron chi connectivity index (χ0n) is 20.2. The van der Waals surface area contributed by atoms with Gasteiger partial charge in [0.15, 0.2) is 6.61 Å². The second-order valence-electron chi connectivity index (χ2n) is 9.25. The Bertz CT molecular complexity index is 971. The van der Waals surface area contributed by atoms with Crippen LogP contribution in [0, 0.1) is 0 Å². The molecule has 4 rings (SSSR count). The summed E-state index contributed by atoms with van der Waals surface area (Å²) in [5.41, 5.74) is 1.67. The van der Waals surface area contributed by atoms with E-state index in [1.807, 2.05) is 24.3 Å². The highest BCUT2D eigenvalue weighted by molar-refractivity contribution is 6.30. The van der Waals surface area contributed by atoms with E-state index in [0.29, 0.717) is 22.9 Å². The summed E-state index contributed by atoms with van der Waals surface area (Å²) in [6.07, 6.45) is 5.45. The number of carbonyl (C=O) groups excluding carboxylic acids is 2. The summed E-state index contributed by atoms with van der Waals surface area (Å²) in [6, 6.07) is 14.8. The molecule has 0 unspecified atom stereocenters. The molecular weight excluding hydrogens is 464 g/mol. The van der Waals surface area contributed by atoms with Crippen LogP contribution in [0.3, 0.4) is 0 Å². The molecule has 188 valence electrons. The number of benzene rings is 2. The Morgan fingerprint density at radius 3 is 2.40 bits per heavy atom. The quantitative estimate of drug-likeness (QED) is 0.551. The molecule has 2 aliphatic heterocycles. The van der Waals surface area contributed by atoms with E-state index >= 15 is 0 Å². The summed E-state index contributed by atoms with van der Waals surface area (Å²) >= 11 is 5.88. The molecule has 7 nitrogen and oxygen atoms in total. The van der Waals surface area contributed by atoms with Crippen LogP contribution in [0.5, 0.6) is 5.75 Å². The number of halogens is 1. The Kier molecular flexibility index (Phi) is 9.26. The zero-order chi connectivity index (χ0) is 24.5. The number of anilines is 1. The third kappa shape index (κ3) is 7.61. The molecule has 2 saturated heterocycles. The van der Waals surface area contributed by atoms with Crippen LogP contribution in [0.4, 0.5) is 5.69 Å². The molecule has 0 aromatic heterocycles. The molecule has 0 radical (unpaired) electrons. The molecule has 35 heavy (non-hydrogen) atoms. The van der Waals surface area contributed by atoms with Gasteiger partial charge in [-0.1, -0.05) is 30.2 Å². The van der Waals surface area contributed by atoms with Gasteiger partial charge >= 0.3 is 0 Å². The van der Waals surface area contributed by atoms with E-state index < -0.39 is 0 Å². The van der Waals surface area contributed by atoms with Crippen LogP contribution in [-0.4, -0.2) is 68.6 Å². The van der Waals surface area contributed by atoms with Gasteiger partial charge in [0.1, 0.15) is 5.75 Å². The minimum absolute atomic E-state index is 0.0209. The van der Waals surface area contributed by atoms with Gasteiger partial charge < -0.3 is 25.2 Å². The van der Waals surface area contributed by atoms with Crippen molar-refractivity contribution >= 4 is 29.1 Å². The van der Waals surface area contributed by atoms with Gasteiger partial charge in [-0.2, -0.15) is 0 Å². The van der Waals surface area contributed by atoms with Crippen molar-refractivity contribution in [2.75, 3.05) is 50.8 Å². The third-order valence-corrected chi connectivity index (χ3v) is 6.95. The Labute approximate surface area is 212 Å². The topological polar surface area (TPSA) is 73.9 Å². The molecule has 0 aliphatic carbocycles. The van der Waals surface area contributed by atoms with Crippen molar-refractivity contribution in [2.45, 2.75) is 38.1 Å². The number of nitrogens with zero attached hydrogens (tertiary/aromatic N) is 2. The average molecular weight is 499 g/mol. The van der Waals surface area contributed by atoms with Crippen LogP contribution in [-0.2, 0) is 4.79 Å². The van der Waals surface area contributed by atoms with Gasteiger partial charge in [-0.15, -0.1) is 0 Å². The second-order valence-corrected chi connectivity index (χ2v) is 9.68. The normalized spacial score (nSPS) is 17.1. The highest BCUT2D eigenvalue weighted by Gasteiger charge is 2.24. The third-order valence-electron chi connectivity index (χ3n) is 6.70. The van der Waals surface area contributed by atoms with E-state index in [4.69, 9.17) is 16.3 Å². The summed E-state index contributed by atoms with van der Waals surface area (Å²) in [7, 11) is 0. The molecule has 2 heterocycles. The van der Waals surface area contributed by atoms with E-state index in [9.17, 15) is 9.59 Å². The fraction of sp³-hybridized carbons (Fsp3) is 0.481. The maximum absolute atomic E-state index is 12.9. The van der Waals surface area contributed by atoms with Gasteiger partial charge in [-0.3, -0.25) is 9.59 Å². The first kappa shape index (κ1) is 25.3. The van der Waals surface area contributed by atoms with E-state index in [1.165, 1.54) is 19.3 Å². The van der Waals surface area contributed by atoms with Crippen molar-refractivity contribution < 1.29 is 14.3 Å². The molecule has 0 bridgehead atoms. The molecule has 2 aromatic rings. The number of nitrogens with one attached hydrogen (secondary N) is 2. The van der Waals surface area contributed by atoms with Crippen molar-refractivity contribution in [3.8, 4) is 5.75 Å². The number of carbonyl (C=O) groups is 2. The van der Waals surface area contributed by atoms with Crippen LogP contribution in [0.25, 0.3) is 0 Å². The van der Waals surface area contributed by atoms with Crippen molar-refractivity contribution in [3.63, 3.8) is 0 Å². The molecule has 2 aliphatic rings. The maximum Gasteiger partial charge on any atom is 0.258 e. The molecule has 0 saturated carbocycles. The number of hydrogen-bond acceptors (Lipinski definition) is 5. The van der Waals surface area contributed by atoms with Crippen LogP contribution in [0.15, 0.2) is 48.5 Å². The predicted octanol–water partition coefficient (Wildman–Crippen LogP) is 3.72. The van der Waals surface area contributed by atoms with Crippen LogP contribution in [0.1, 0.15) is 42.5 Å². The summed E-state index contributed by atoms with van der Waals surface area (Å²) in [5, 5.41) is 6.80. The number of likely N-dealkylation sites (tertiary alicyclic amines) is 1. The van der Waals surface area contributed by atoms with Crippen LogP contribution < -0.4 is 20.3 Å². The van der Waals surface area contributed by atoms with Crippen LogP contribution >= 0.6 is 11.6 Å². The Morgan fingerprint density at radius 1 is 0.943 bits per heavy atom. The minimum atomic E-state index is -0.133. The summed E-state index contributed by atoms with van der Waals surface area (Å²) in [4.78, 5) is 29.9. The highest BCUT2D eigenvalue weighted by atomic mass is 35.5. The number of para-hydroxylation sites is 1. The Balaban J connectivity index is 1.22. The molecule has 2 N–H and O–H groups in total. The number of amides is 2. The molecule has 0 spiro atoms. The van der Waals surface area contributed by atoms with Gasteiger partial charge in [0.2, 0.25) is 0 Å². The van der Waals surface area contributed by atoms with Crippen molar-refractivity contribution in [3.05, 3.63) is 59.1 Å². The fourth-order valence-electron chi connectivity index (χ4n) is 4.76. The molecule has 2 fully saturated rings. The zero-order valence-corrected chi connectivity index (χ0v) is 20.9. The lowest BCUT2D eigenvalue weighted by atomic mass is 10.0. The Hall–Kier alpha value is -2.77. The number of rotatable bonds is 9. The fourth-order valence-corrected chi connectivity index (χ4v) is 4.89. The van der Waals surface area contributed by atoms with E-state index in [1.54, 1.807) is 24.3 Å². The standard InChI is InChI=1S/C27H35ClN4O3/c28-21-8-10-23(11-9-21)35-20-26(33)30-22-12-17-32(18-13-22)25-7-3-2-6-24(25)27(34)29-14-19-31-15-4-1-5-16-31/h2-3,6-11,22H,1,4-5,12-20H2,(H,29,34)(H,30,33). The Morgan fingerprint density at radius 2 is 1.66 bits per heavy atom. The smallest absolute Gasteiger partial charge is 0.258 e. The SMILES string of the molecule is O=C(COc1ccc(Cl)cc1)NC1CCN(c2ccccc2C(=O)NCCN2CCCCC2)CC1. The van der Waals surface area contributed by atoms with Gasteiger partial charge in [-0.05, 0) is 75.2 Å². The van der Waals surface area contributed by atoms with E-state index in [2.05, 4.69) is 20.4 Å². The van der Waals surface area contributed by atoms with E-state index in [0.717, 1.165) is 51.3 Å². The first-order chi connectivity index (χ1) is 17.1. The van der Waals surface area contributed by atoms with Crippen molar-refractivity contribution in [1.29, 1.82) is 0 Å². The molecular formula is C27H35ClN4O3. The largest absolute Gasteiger partial charge is 0.484 e. The molecule has 2 amide bonds. The summed E-state index contributed by atoms with van der Waals surface area (Å²) in [5.74, 6) is 0.462. The van der Waals surface area contributed by atoms with E-state index in [-0.39, 0.29) is 24.5 Å². The highest BCUT2D eigenvalue weighted by Crippen LogP contribution is 2.24.